The van der Waals surface area contributed by atoms with Crippen molar-refractivity contribution in [3.63, 3.8) is 0 Å². The first-order chi connectivity index (χ1) is 14.3. The summed E-state index contributed by atoms with van der Waals surface area (Å²) in [6.45, 7) is 1.93. The van der Waals surface area contributed by atoms with Gasteiger partial charge in [-0.15, -0.1) is 0 Å². The largest absolute Gasteiger partial charge is 0.393 e. The molecule has 2 saturated carbocycles. The van der Waals surface area contributed by atoms with E-state index in [0.29, 0.717) is 23.5 Å². The van der Waals surface area contributed by atoms with Gasteiger partial charge in [-0.05, 0) is 62.6 Å². The maximum absolute atomic E-state index is 13.2. The zero-order chi connectivity index (χ0) is 21.0. The molecule has 2 aromatic heterocycles. The number of rotatable bonds is 4. The van der Waals surface area contributed by atoms with E-state index in [0.717, 1.165) is 42.5 Å². The molecule has 158 valence electrons. The number of aliphatic hydroxyl groups is 1. The standard InChI is InChI=1S/C22H26N4O3S/c1-14-3-5-19(6-4-14)30(28,29)26-8-7-20-21(23-13-24-22(20)26)25(2)17-9-15-11-18(27)12-16(15)10-17/h3-8,13,15-18,27H,9-12H2,1-2H3/t15-,16+,17+,18-. The van der Waals surface area contributed by atoms with Crippen molar-refractivity contribution in [2.45, 2.75) is 49.6 Å². The summed E-state index contributed by atoms with van der Waals surface area (Å²) in [5, 5.41) is 10.6. The maximum Gasteiger partial charge on any atom is 0.269 e. The number of anilines is 1. The lowest BCUT2D eigenvalue weighted by atomic mass is 10.0. The molecule has 7 nitrogen and oxygen atoms in total. The molecule has 0 radical (unpaired) electrons. The molecule has 8 heteroatoms. The van der Waals surface area contributed by atoms with Crippen LogP contribution in [0.3, 0.4) is 0 Å². The van der Waals surface area contributed by atoms with E-state index in [9.17, 15) is 13.5 Å². The van der Waals surface area contributed by atoms with Crippen molar-refractivity contribution in [2.75, 3.05) is 11.9 Å². The van der Waals surface area contributed by atoms with Crippen LogP contribution >= 0.6 is 0 Å². The van der Waals surface area contributed by atoms with Crippen molar-refractivity contribution < 1.29 is 13.5 Å². The molecule has 4 atom stereocenters. The van der Waals surface area contributed by atoms with E-state index in [2.05, 4.69) is 14.9 Å². The van der Waals surface area contributed by atoms with Crippen molar-refractivity contribution >= 4 is 26.9 Å². The first kappa shape index (κ1) is 19.5. The number of fused-ring (bicyclic) bond motifs is 2. The summed E-state index contributed by atoms with van der Waals surface area (Å²) in [6, 6.07) is 8.95. The van der Waals surface area contributed by atoms with Crippen molar-refractivity contribution in [1.29, 1.82) is 0 Å². The lowest BCUT2D eigenvalue weighted by Gasteiger charge is -2.27. The zero-order valence-electron chi connectivity index (χ0n) is 17.1. The van der Waals surface area contributed by atoms with Crippen LogP contribution in [0.2, 0.25) is 0 Å². The number of benzene rings is 1. The van der Waals surface area contributed by atoms with Crippen molar-refractivity contribution in [1.82, 2.24) is 13.9 Å². The molecular formula is C22H26N4O3S. The highest BCUT2D eigenvalue weighted by atomic mass is 32.2. The molecule has 0 spiro atoms. The average Bonchev–Trinajstić information content (AvgIpc) is 3.40. The topological polar surface area (TPSA) is 88.3 Å². The maximum atomic E-state index is 13.2. The molecule has 30 heavy (non-hydrogen) atoms. The molecule has 0 amide bonds. The third kappa shape index (κ3) is 3.09. The van der Waals surface area contributed by atoms with E-state index in [1.807, 2.05) is 14.0 Å². The van der Waals surface area contributed by atoms with Gasteiger partial charge >= 0.3 is 0 Å². The van der Waals surface area contributed by atoms with Crippen LogP contribution in [0.1, 0.15) is 31.2 Å². The molecule has 2 aliphatic carbocycles. The third-order valence-electron chi connectivity index (χ3n) is 6.85. The summed E-state index contributed by atoms with van der Waals surface area (Å²) >= 11 is 0. The SMILES string of the molecule is Cc1ccc(S(=O)(=O)n2ccc3c(N(C)[C@@H]4C[C@H]5C[C@H](O)C[C@H]5C4)ncnc32)cc1. The van der Waals surface area contributed by atoms with Gasteiger partial charge in [0.25, 0.3) is 10.0 Å². The van der Waals surface area contributed by atoms with Crippen LogP contribution in [-0.4, -0.2) is 46.7 Å². The molecule has 2 aliphatic rings. The Balaban J connectivity index is 1.49. The fourth-order valence-electron chi connectivity index (χ4n) is 5.26. The Morgan fingerprint density at radius 2 is 1.70 bits per heavy atom. The van der Waals surface area contributed by atoms with E-state index in [1.54, 1.807) is 36.5 Å². The summed E-state index contributed by atoms with van der Waals surface area (Å²) < 4.78 is 27.6. The molecule has 0 saturated heterocycles. The second-order valence-corrected chi connectivity index (χ2v) is 10.6. The van der Waals surface area contributed by atoms with Gasteiger partial charge in [-0.25, -0.2) is 22.4 Å². The molecule has 0 unspecified atom stereocenters. The summed E-state index contributed by atoms with van der Waals surface area (Å²) in [5.41, 5.74) is 1.40. The third-order valence-corrected chi connectivity index (χ3v) is 8.53. The van der Waals surface area contributed by atoms with Crippen LogP contribution in [0.25, 0.3) is 11.0 Å². The van der Waals surface area contributed by atoms with E-state index < -0.39 is 10.0 Å². The Bertz CT molecular complexity index is 1170. The van der Waals surface area contributed by atoms with E-state index in [-0.39, 0.29) is 11.0 Å². The Hall–Kier alpha value is -2.45. The molecule has 0 aliphatic heterocycles. The van der Waals surface area contributed by atoms with Gasteiger partial charge in [0.15, 0.2) is 5.65 Å². The highest BCUT2D eigenvalue weighted by molar-refractivity contribution is 7.90. The lowest BCUT2D eigenvalue weighted by Crippen LogP contribution is -2.31. The first-order valence-electron chi connectivity index (χ1n) is 10.4. The Morgan fingerprint density at radius 1 is 1.03 bits per heavy atom. The number of nitrogens with zero attached hydrogens (tertiary/aromatic N) is 4. The van der Waals surface area contributed by atoms with Crippen LogP contribution < -0.4 is 4.90 Å². The molecule has 1 N–H and O–H groups in total. The van der Waals surface area contributed by atoms with Gasteiger partial charge in [-0.3, -0.25) is 0 Å². The number of aryl methyl sites for hydroxylation is 1. The van der Waals surface area contributed by atoms with E-state index >= 15 is 0 Å². The number of hydrogen-bond donors (Lipinski definition) is 1. The summed E-state index contributed by atoms with van der Waals surface area (Å²) in [4.78, 5) is 11.2. The fourth-order valence-corrected chi connectivity index (χ4v) is 6.56. The summed E-state index contributed by atoms with van der Waals surface area (Å²) in [7, 11) is -1.72. The van der Waals surface area contributed by atoms with Gasteiger partial charge in [0, 0.05) is 19.3 Å². The van der Waals surface area contributed by atoms with Gasteiger partial charge in [0.2, 0.25) is 0 Å². The van der Waals surface area contributed by atoms with Crippen LogP contribution in [0, 0.1) is 18.8 Å². The van der Waals surface area contributed by atoms with E-state index in [1.165, 1.54) is 10.3 Å². The number of hydrogen-bond acceptors (Lipinski definition) is 6. The molecule has 0 bridgehead atoms. The lowest BCUT2D eigenvalue weighted by molar-refractivity contribution is 0.171. The normalized spacial score (nSPS) is 26.2. The van der Waals surface area contributed by atoms with E-state index in [4.69, 9.17) is 0 Å². The van der Waals surface area contributed by atoms with Gasteiger partial charge in [0.1, 0.15) is 12.1 Å². The first-order valence-corrected chi connectivity index (χ1v) is 11.8. The van der Waals surface area contributed by atoms with Gasteiger partial charge in [0.05, 0.1) is 16.4 Å². The zero-order valence-corrected chi connectivity index (χ0v) is 18.0. The molecule has 2 fully saturated rings. The fraction of sp³-hybridized carbons (Fsp3) is 0.455. The minimum atomic E-state index is -3.74. The second kappa shape index (κ2) is 7.06. The van der Waals surface area contributed by atoms with Crippen LogP contribution in [0.4, 0.5) is 5.82 Å². The quantitative estimate of drug-likeness (QED) is 0.690. The smallest absolute Gasteiger partial charge is 0.269 e. The number of aliphatic hydroxyl groups excluding tert-OH is 1. The van der Waals surface area contributed by atoms with Crippen LogP contribution in [0.15, 0.2) is 47.8 Å². The van der Waals surface area contributed by atoms with Gasteiger partial charge in [-0.2, -0.15) is 0 Å². The predicted octanol–water partition coefficient (Wildman–Crippen LogP) is 2.96. The Kier molecular flexibility index (Phi) is 4.59. The molecule has 2 heterocycles. The molecule has 5 rings (SSSR count). The van der Waals surface area contributed by atoms with Crippen molar-refractivity contribution in [3.8, 4) is 0 Å². The second-order valence-electron chi connectivity index (χ2n) is 8.75. The molecular weight excluding hydrogens is 400 g/mol. The van der Waals surface area contributed by atoms with Gasteiger partial charge < -0.3 is 10.0 Å². The summed E-state index contributed by atoms with van der Waals surface area (Å²) in [5.74, 6) is 1.89. The van der Waals surface area contributed by atoms with Crippen molar-refractivity contribution in [3.05, 3.63) is 48.4 Å². The van der Waals surface area contributed by atoms with Gasteiger partial charge in [-0.1, -0.05) is 17.7 Å². The molecule has 1 aromatic carbocycles. The Morgan fingerprint density at radius 3 is 2.37 bits per heavy atom. The minimum Gasteiger partial charge on any atom is -0.393 e. The molecule has 3 aromatic rings. The highest BCUT2D eigenvalue weighted by Crippen LogP contribution is 2.46. The number of aromatic nitrogens is 3. The highest BCUT2D eigenvalue weighted by Gasteiger charge is 2.42. The van der Waals surface area contributed by atoms with Crippen LogP contribution in [-0.2, 0) is 10.0 Å². The average molecular weight is 427 g/mol. The minimum absolute atomic E-state index is 0.155. The monoisotopic (exact) mass is 426 g/mol. The van der Waals surface area contributed by atoms with Crippen LogP contribution in [0.5, 0.6) is 0 Å². The van der Waals surface area contributed by atoms with Crippen molar-refractivity contribution in [2.24, 2.45) is 11.8 Å². The summed E-state index contributed by atoms with van der Waals surface area (Å²) in [6.07, 6.45) is 6.69. The predicted molar refractivity (Wildman–Crippen MR) is 115 cm³/mol. The Labute approximate surface area is 176 Å².